The fourth-order valence-electron chi connectivity index (χ4n) is 1.70. The monoisotopic (exact) mass is 307 g/mol. The molecule has 0 aliphatic carbocycles. The summed E-state index contributed by atoms with van der Waals surface area (Å²) in [5.74, 6) is -1.37. The zero-order valence-corrected chi connectivity index (χ0v) is 11.3. The molecule has 0 radical (unpaired) electrons. The van der Waals surface area contributed by atoms with E-state index in [1.54, 1.807) is 11.4 Å². The van der Waals surface area contributed by atoms with Crippen molar-refractivity contribution in [1.82, 2.24) is 5.32 Å². The fourth-order valence-corrected chi connectivity index (χ4v) is 1.70. The third-order valence-corrected chi connectivity index (χ3v) is 2.65. The molecule has 118 valence electrons. The molecule has 1 rings (SSSR count). The molecule has 8 heteroatoms. The van der Waals surface area contributed by atoms with Crippen LogP contribution in [0.1, 0.15) is 6.42 Å². The van der Waals surface area contributed by atoms with Crippen LogP contribution in [0.15, 0.2) is 24.3 Å². The number of nitrogens with two attached hydrogens (primary N) is 1. The summed E-state index contributed by atoms with van der Waals surface area (Å²) in [5.41, 5.74) is 5.53. The fraction of sp³-hybridized carbons (Fsp3) is 0.462. The molecular formula is C13H17F4N3O. The number of hydrogen-bond acceptors (Lipinski definition) is 3. The van der Waals surface area contributed by atoms with Gasteiger partial charge in [-0.2, -0.15) is 13.2 Å². The molecule has 0 saturated heterocycles. The number of halogens is 4. The number of nitrogens with one attached hydrogen (secondary N) is 1. The van der Waals surface area contributed by atoms with E-state index in [0.29, 0.717) is 13.0 Å². The molecule has 0 spiro atoms. The van der Waals surface area contributed by atoms with Crippen LogP contribution >= 0.6 is 0 Å². The van der Waals surface area contributed by atoms with Gasteiger partial charge < -0.3 is 16.0 Å². The second kappa shape index (κ2) is 7.82. The van der Waals surface area contributed by atoms with Crippen LogP contribution in [0.5, 0.6) is 0 Å². The number of rotatable bonds is 7. The largest absolute Gasteiger partial charge is 0.405 e. The molecular weight excluding hydrogens is 290 g/mol. The lowest BCUT2D eigenvalue weighted by molar-refractivity contribution is -0.137. The first-order chi connectivity index (χ1) is 9.83. The molecule has 0 aliphatic rings. The Hall–Kier alpha value is -1.83. The summed E-state index contributed by atoms with van der Waals surface area (Å²) in [4.78, 5) is 12.9. The van der Waals surface area contributed by atoms with Gasteiger partial charge >= 0.3 is 6.18 Å². The third kappa shape index (κ3) is 6.44. The SMILES string of the molecule is NCCCN(CC(=O)NCC(F)(F)F)c1ccccc1F. The average Bonchev–Trinajstić information content (AvgIpc) is 2.41. The Morgan fingerprint density at radius 3 is 2.52 bits per heavy atom. The second-order valence-electron chi connectivity index (χ2n) is 4.41. The molecule has 0 bridgehead atoms. The molecule has 0 unspecified atom stereocenters. The molecule has 0 atom stereocenters. The lowest BCUT2D eigenvalue weighted by Crippen LogP contribution is -2.42. The molecule has 1 aromatic rings. The Labute approximate surface area is 119 Å². The number of benzene rings is 1. The number of hydrogen-bond donors (Lipinski definition) is 2. The van der Waals surface area contributed by atoms with Crippen LogP contribution in [0.25, 0.3) is 0 Å². The van der Waals surface area contributed by atoms with Gasteiger partial charge in [0, 0.05) is 6.54 Å². The van der Waals surface area contributed by atoms with Crippen molar-refractivity contribution in [3.05, 3.63) is 30.1 Å². The van der Waals surface area contributed by atoms with E-state index >= 15 is 0 Å². The smallest absolute Gasteiger partial charge is 0.360 e. The number of carbonyl (C=O) groups excluding carboxylic acids is 1. The van der Waals surface area contributed by atoms with E-state index < -0.39 is 24.4 Å². The van der Waals surface area contributed by atoms with Gasteiger partial charge in [-0.1, -0.05) is 12.1 Å². The summed E-state index contributed by atoms with van der Waals surface area (Å²) in [6.45, 7) is -1.17. The number of carbonyl (C=O) groups is 1. The van der Waals surface area contributed by atoms with Gasteiger partial charge in [0.2, 0.25) is 5.91 Å². The zero-order valence-electron chi connectivity index (χ0n) is 11.3. The average molecular weight is 307 g/mol. The lowest BCUT2D eigenvalue weighted by atomic mass is 10.2. The highest BCUT2D eigenvalue weighted by Gasteiger charge is 2.28. The van der Waals surface area contributed by atoms with Gasteiger partial charge in [-0.25, -0.2) is 4.39 Å². The first kappa shape index (κ1) is 17.2. The van der Waals surface area contributed by atoms with Crippen LogP contribution in [-0.2, 0) is 4.79 Å². The van der Waals surface area contributed by atoms with Gasteiger partial charge in [-0.15, -0.1) is 0 Å². The van der Waals surface area contributed by atoms with Crippen LogP contribution in [0.3, 0.4) is 0 Å². The maximum atomic E-state index is 13.7. The summed E-state index contributed by atoms with van der Waals surface area (Å²) in [6, 6.07) is 5.76. The highest BCUT2D eigenvalue weighted by atomic mass is 19.4. The molecule has 0 aromatic heterocycles. The zero-order chi connectivity index (χ0) is 15.9. The standard InChI is InChI=1S/C13H17F4N3O/c14-10-4-1-2-5-11(10)20(7-3-6-18)8-12(21)19-9-13(15,16)17/h1-2,4-5H,3,6-9,18H2,(H,19,21). The molecule has 0 fully saturated rings. The molecule has 21 heavy (non-hydrogen) atoms. The van der Waals surface area contributed by atoms with Crippen molar-refractivity contribution in [3.8, 4) is 0 Å². The summed E-state index contributed by atoms with van der Waals surface area (Å²) < 4.78 is 49.8. The molecule has 0 saturated carbocycles. The number of nitrogens with zero attached hydrogens (tertiary/aromatic N) is 1. The van der Waals surface area contributed by atoms with Crippen LogP contribution in [-0.4, -0.2) is 38.3 Å². The van der Waals surface area contributed by atoms with E-state index in [-0.39, 0.29) is 18.8 Å². The van der Waals surface area contributed by atoms with Crippen molar-refractivity contribution in [1.29, 1.82) is 0 Å². The second-order valence-corrected chi connectivity index (χ2v) is 4.41. The highest BCUT2D eigenvalue weighted by molar-refractivity contribution is 5.81. The molecule has 0 aliphatic heterocycles. The van der Waals surface area contributed by atoms with E-state index in [2.05, 4.69) is 0 Å². The predicted octanol–water partition coefficient (Wildman–Crippen LogP) is 1.66. The topological polar surface area (TPSA) is 58.4 Å². The molecule has 4 nitrogen and oxygen atoms in total. The number of anilines is 1. The Kier molecular flexibility index (Phi) is 6.41. The van der Waals surface area contributed by atoms with Crippen LogP contribution in [0.4, 0.5) is 23.2 Å². The lowest BCUT2D eigenvalue weighted by Gasteiger charge is -2.24. The molecule has 1 amide bonds. The van der Waals surface area contributed by atoms with Crippen molar-refractivity contribution in [2.45, 2.75) is 12.6 Å². The maximum Gasteiger partial charge on any atom is 0.405 e. The minimum absolute atomic E-state index is 0.160. The van der Waals surface area contributed by atoms with Crippen molar-refractivity contribution < 1.29 is 22.4 Å². The van der Waals surface area contributed by atoms with Crippen molar-refractivity contribution in [2.75, 3.05) is 31.1 Å². The maximum absolute atomic E-state index is 13.7. The van der Waals surface area contributed by atoms with E-state index in [1.807, 2.05) is 0 Å². The Morgan fingerprint density at radius 2 is 1.95 bits per heavy atom. The third-order valence-electron chi connectivity index (χ3n) is 2.65. The molecule has 0 heterocycles. The number of para-hydroxylation sites is 1. The first-order valence-electron chi connectivity index (χ1n) is 6.36. The van der Waals surface area contributed by atoms with E-state index in [4.69, 9.17) is 5.73 Å². The Morgan fingerprint density at radius 1 is 1.29 bits per heavy atom. The summed E-state index contributed by atoms with van der Waals surface area (Å²) in [7, 11) is 0. The van der Waals surface area contributed by atoms with Crippen LogP contribution in [0, 0.1) is 5.82 Å². The summed E-state index contributed by atoms with van der Waals surface area (Å²) in [6.07, 6.45) is -3.99. The van der Waals surface area contributed by atoms with Crippen molar-refractivity contribution >= 4 is 11.6 Å². The van der Waals surface area contributed by atoms with Gasteiger partial charge in [0.15, 0.2) is 0 Å². The number of amides is 1. The van der Waals surface area contributed by atoms with Gasteiger partial charge in [0.05, 0.1) is 12.2 Å². The van der Waals surface area contributed by atoms with Gasteiger partial charge in [0.25, 0.3) is 0 Å². The predicted molar refractivity (Wildman–Crippen MR) is 71.3 cm³/mol. The molecule has 1 aromatic carbocycles. The summed E-state index contributed by atoms with van der Waals surface area (Å²) >= 11 is 0. The van der Waals surface area contributed by atoms with Gasteiger partial charge in [0.1, 0.15) is 12.4 Å². The van der Waals surface area contributed by atoms with Crippen LogP contribution < -0.4 is 16.0 Å². The van der Waals surface area contributed by atoms with E-state index in [9.17, 15) is 22.4 Å². The molecule has 3 N–H and O–H groups in total. The normalized spacial score (nSPS) is 11.3. The van der Waals surface area contributed by atoms with Gasteiger partial charge in [-0.05, 0) is 25.1 Å². The van der Waals surface area contributed by atoms with Crippen molar-refractivity contribution in [2.24, 2.45) is 5.73 Å². The van der Waals surface area contributed by atoms with E-state index in [0.717, 1.165) is 0 Å². The summed E-state index contributed by atoms with van der Waals surface area (Å²) in [5, 5.41) is 1.76. The Bertz CT molecular complexity index is 465. The van der Waals surface area contributed by atoms with Gasteiger partial charge in [-0.3, -0.25) is 4.79 Å². The first-order valence-corrected chi connectivity index (χ1v) is 6.36. The number of alkyl halides is 3. The minimum Gasteiger partial charge on any atom is -0.360 e. The van der Waals surface area contributed by atoms with Crippen molar-refractivity contribution in [3.63, 3.8) is 0 Å². The van der Waals surface area contributed by atoms with E-state index in [1.165, 1.54) is 23.1 Å². The Balaban J connectivity index is 2.70. The highest BCUT2D eigenvalue weighted by Crippen LogP contribution is 2.18. The quantitative estimate of drug-likeness (QED) is 0.753. The van der Waals surface area contributed by atoms with Crippen LogP contribution in [0.2, 0.25) is 0 Å². The minimum atomic E-state index is -4.48.